The Labute approximate surface area is 394 Å². The molecule has 61 heavy (non-hydrogen) atoms. The van der Waals surface area contributed by atoms with E-state index in [0.29, 0.717) is 38.8 Å². The first kappa shape index (κ1) is 22.9. The van der Waals surface area contributed by atoms with Gasteiger partial charge in [0.25, 0.3) is 6.33 Å². The molecule has 0 spiro atoms. The molecule has 0 N–H and O–H groups in total. The Kier molecular flexibility index (Phi) is 6.01. The van der Waals surface area contributed by atoms with Crippen LogP contribution in [0.4, 0.5) is 0 Å². The van der Waals surface area contributed by atoms with E-state index in [1.54, 1.807) is 68.3 Å². The van der Waals surface area contributed by atoms with E-state index in [2.05, 4.69) is 23.4 Å². The Balaban J connectivity index is 0.00000704. The van der Waals surface area contributed by atoms with Crippen LogP contribution in [-0.4, -0.2) is 14.1 Å². The average Bonchev–Trinajstić information content (AvgIpc) is 4.23. The van der Waals surface area contributed by atoms with Gasteiger partial charge in [-0.25, -0.2) is 4.98 Å². The van der Waals surface area contributed by atoms with Crippen molar-refractivity contribution < 1.29 is 55.0 Å². The fourth-order valence-corrected chi connectivity index (χ4v) is 7.31. The Bertz CT molecular complexity index is 4210. The molecule has 3 aromatic heterocycles. The SMILES string of the molecule is [2H]c1c([2H])c([2H])c(-c2cc(-c3c([2H])c([2H])c([2H])c([2H])c3[2H])cc(-[n+]3[c-]n(-c4[c-]c(Oc5[c-]c6c(cc5)c5ccccc5n6-c5cc(C([2H])([2H])[2H])c(-c6c([2H])c([2H])c([2H])c([2H])c6[2H])cn5)ccc4)c4ccccc43)c2)c([2H])c1[2H].[Pt]. The molecule has 0 amide bonds. The smallest absolute Gasteiger partial charge is 0.268 e. The summed E-state index contributed by atoms with van der Waals surface area (Å²) in [5, 5.41) is 1.49. The van der Waals surface area contributed by atoms with E-state index in [4.69, 9.17) is 29.4 Å². The number of rotatable bonds is 8. The number of ether oxygens (including phenoxy) is 1. The third-order valence-corrected chi connectivity index (χ3v) is 9.98. The minimum Gasteiger partial charge on any atom is -0.510 e. The standard InChI is InChI=1S/C55H36N4O.Pt/c1-38-30-55(56-36-50(38)41-20-9-4-10-21-41)59-51-25-12-11-24-48(51)49-29-28-47(35-54(49)59)60-46-23-15-22-44(34-46)57-37-58(53-27-14-13-26-52(53)57)45-32-42(39-16-5-2-6-17-39)31-43(33-45)40-18-7-3-8-19-40;/h2-33,36H,1H3;/q-2;/i1D3,2D,3D,4D,5D,6D,7D,8D,9D,10D,16D,17D,18D,19D,20D,21D;. The number of fused-ring (bicyclic) bond motifs is 4. The van der Waals surface area contributed by atoms with Crippen molar-refractivity contribution in [2.24, 2.45) is 0 Å². The van der Waals surface area contributed by atoms with E-state index < -0.39 is 97.5 Å². The second-order valence-corrected chi connectivity index (χ2v) is 13.6. The van der Waals surface area contributed by atoms with Crippen LogP contribution in [0, 0.1) is 25.3 Å². The van der Waals surface area contributed by atoms with Crippen molar-refractivity contribution in [3.05, 3.63) is 224 Å². The normalized spacial score (nSPS) is 15.6. The summed E-state index contributed by atoms with van der Waals surface area (Å²) >= 11 is 0. The van der Waals surface area contributed by atoms with Gasteiger partial charge in [0.15, 0.2) is 0 Å². The molecule has 11 aromatic rings. The maximum Gasteiger partial charge on any atom is 0.268 e. The number of para-hydroxylation sites is 3. The summed E-state index contributed by atoms with van der Waals surface area (Å²) in [5.74, 6) is 0.613. The number of nitrogens with zero attached hydrogens (tertiary/aromatic N) is 4. The van der Waals surface area contributed by atoms with Gasteiger partial charge in [-0.2, -0.15) is 18.2 Å². The fraction of sp³-hybridized carbons (Fsp3) is 0.0182. The zero-order valence-corrected chi connectivity index (χ0v) is 33.7. The Hall–Kier alpha value is -7.33. The van der Waals surface area contributed by atoms with E-state index in [1.807, 2.05) is 36.4 Å². The van der Waals surface area contributed by atoms with Gasteiger partial charge in [0.05, 0.1) is 37.3 Å². The zero-order valence-electron chi connectivity index (χ0n) is 49.4. The second-order valence-electron chi connectivity index (χ2n) is 13.6. The van der Waals surface area contributed by atoms with Crippen LogP contribution in [0.25, 0.3) is 83.4 Å². The number of aromatic nitrogens is 4. The molecule has 3 heterocycles. The third kappa shape index (κ3) is 7.03. The monoisotopic (exact) mass is 981 g/mol. The van der Waals surface area contributed by atoms with Crippen molar-refractivity contribution in [1.29, 1.82) is 0 Å². The average molecular weight is 982 g/mol. The quantitative estimate of drug-likeness (QED) is 0.112. The maximum absolute atomic E-state index is 8.84. The number of pyridine rings is 1. The van der Waals surface area contributed by atoms with Crippen molar-refractivity contribution in [2.45, 2.75) is 6.85 Å². The van der Waals surface area contributed by atoms with Crippen LogP contribution < -0.4 is 9.30 Å². The van der Waals surface area contributed by atoms with E-state index in [1.165, 1.54) is 18.3 Å². The van der Waals surface area contributed by atoms with Gasteiger partial charge < -0.3 is 13.9 Å². The van der Waals surface area contributed by atoms with Crippen LogP contribution in [0.1, 0.15) is 30.2 Å². The summed E-state index contributed by atoms with van der Waals surface area (Å²) in [5.41, 5.74) is 2.13. The Morgan fingerprint density at radius 3 is 1.98 bits per heavy atom. The minimum atomic E-state index is -2.81. The van der Waals surface area contributed by atoms with Crippen LogP contribution in [0.2, 0.25) is 0 Å². The molecule has 0 saturated heterocycles. The van der Waals surface area contributed by atoms with Crippen LogP contribution in [0.5, 0.6) is 11.5 Å². The van der Waals surface area contributed by atoms with E-state index in [0.717, 1.165) is 5.39 Å². The topological polar surface area (TPSA) is 35.9 Å². The van der Waals surface area contributed by atoms with Crippen LogP contribution in [0.15, 0.2) is 200 Å². The molecule has 0 aliphatic heterocycles. The maximum atomic E-state index is 8.84. The Morgan fingerprint density at radius 2 is 1.26 bits per heavy atom. The number of imidazole rings is 1. The molecule has 294 valence electrons. The van der Waals surface area contributed by atoms with Gasteiger partial charge in [-0.15, -0.1) is 29.7 Å². The molecule has 0 radical (unpaired) electrons. The molecule has 0 aliphatic rings. The van der Waals surface area contributed by atoms with Crippen LogP contribution >= 0.6 is 0 Å². The predicted octanol–water partition coefficient (Wildman–Crippen LogP) is 12.9. The van der Waals surface area contributed by atoms with E-state index in [-0.39, 0.29) is 77.3 Å². The minimum absolute atomic E-state index is 0. The van der Waals surface area contributed by atoms with Gasteiger partial charge in [0.2, 0.25) is 0 Å². The molecular weight excluding hydrogens is 928 g/mol. The molecule has 0 fully saturated rings. The first-order valence-corrected chi connectivity index (χ1v) is 18.6. The second kappa shape index (κ2) is 16.0. The molecule has 0 unspecified atom stereocenters. The predicted molar refractivity (Wildman–Crippen MR) is 241 cm³/mol. The van der Waals surface area contributed by atoms with Gasteiger partial charge in [-0.3, -0.25) is 4.57 Å². The molecule has 5 nitrogen and oxygen atoms in total. The van der Waals surface area contributed by atoms with Gasteiger partial charge in [0, 0.05) is 54.0 Å². The van der Waals surface area contributed by atoms with E-state index in [9.17, 15) is 0 Å². The van der Waals surface area contributed by atoms with Crippen LogP contribution in [-0.2, 0) is 21.1 Å². The van der Waals surface area contributed by atoms with Gasteiger partial charge in [-0.1, -0.05) is 139 Å². The molecule has 8 aromatic carbocycles. The number of benzene rings is 8. The summed E-state index contributed by atoms with van der Waals surface area (Å²) in [7, 11) is 0. The van der Waals surface area contributed by atoms with Crippen molar-refractivity contribution in [3.8, 4) is 62.1 Å². The van der Waals surface area contributed by atoms with Gasteiger partial charge in [-0.05, 0) is 81.6 Å². The summed E-state index contributed by atoms with van der Waals surface area (Å²) in [6, 6.07) is 27.3. The summed E-state index contributed by atoms with van der Waals surface area (Å²) in [6.07, 6.45) is 4.55. The summed E-state index contributed by atoms with van der Waals surface area (Å²) in [6.45, 7) is -2.81. The molecule has 0 bridgehead atoms. The summed E-state index contributed by atoms with van der Waals surface area (Å²) < 4.78 is 164. The van der Waals surface area contributed by atoms with Crippen molar-refractivity contribution in [2.75, 3.05) is 0 Å². The number of hydrogen-bond acceptors (Lipinski definition) is 2. The molecular formula is C55H36N4OPt-2. The molecule has 0 saturated carbocycles. The van der Waals surface area contributed by atoms with Crippen molar-refractivity contribution in [1.82, 2.24) is 14.1 Å². The molecule has 0 aliphatic carbocycles. The van der Waals surface area contributed by atoms with Gasteiger partial charge in [0.1, 0.15) is 5.82 Å². The molecule has 0 atom stereocenters. The van der Waals surface area contributed by atoms with Crippen molar-refractivity contribution >= 4 is 32.8 Å². The summed E-state index contributed by atoms with van der Waals surface area (Å²) in [4.78, 5) is 4.64. The third-order valence-electron chi connectivity index (χ3n) is 9.98. The first-order chi connectivity index (χ1) is 37.1. The zero-order chi connectivity index (χ0) is 55.5. The number of hydrogen-bond donors (Lipinski definition) is 0. The molecule has 6 heteroatoms. The number of aryl methyl sites for hydroxylation is 1. The molecule has 11 rings (SSSR count). The van der Waals surface area contributed by atoms with E-state index >= 15 is 0 Å². The largest absolute Gasteiger partial charge is 0.510 e. The van der Waals surface area contributed by atoms with Crippen LogP contribution in [0.3, 0.4) is 0 Å². The Morgan fingerprint density at radius 1 is 0.607 bits per heavy atom. The van der Waals surface area contributed by atoms with Gasteiger partial charge >= 0.3 is 0 Å². The van der Waals surface area contributed by atoms with Crippen molar-refractivity contribution in [3.63, 3.8) is 0 Å². The first-order valence-electron chi connectivity index (χ1n) is 27.6. The fourth-order valence-electron chi connectivity index (χ4n) is 7.31.